The zero-order valence-electron chi connectivity index (χ0n) is 10.2. The summed E-state index contributed by atoms with van der Waals surface area (Å²) in [6.45, 7) is 0.739. The van der Waals surface area contributed by atoms with Gasteiger partial charge < -0.3 is 4.90 Å². The topological polar surface area (TPSA) is 61.9 Å². The highest BCUT2D eigenvalue weighted by atomic mass is 35.5. The Bertz CT molecular complexity index is 584. The maximum atomic E-state index is 12.3. The molecule has 6 heteroatoms. The molecular formula is C13H13ClN4O. The van der Waals surface area contributed by atoms with E-state index in [1.807, 2.05) is 29.2 Å². The maximum Gasteiger partial charge on any atom is 0.276 e. The number of likely N-dealkylation sites (tertiary alicyclic amines) is 1. The van der Waals surface area contributed by atoms with E-state index >= 15 is 0 Å². The second-order valence-corrected chi connectivity index (χ2v) is 5.00. The quantitative estimate of drug-likeness (QED) is 0.916. The van der Waals surface area contributed by atoms with E-state index in [0.29, 0.717) is 10.7 Å². The standard InChI is InChI=1S/C13H13ClN4O/c14-10-4-1-3-9(7-10)12-5-2-6-18(12)13(19)11-8-15-17-16-11/h1,3-4,7-8,12H,2,5-6H2,(H,15,16,17). The lowest BCUT2D eigenvalue weighted by atomic mass is 10.0. The number of carbonyl (C=O) groups excluding carboxylic acids is 1. The fourth-order valence-electron chi connectivity index (χ4n) is 2.52. The van der Waals surface area contributed by atoms with Crippen molar-refractivity contribution < 1.29 is 4.79 Å². The maximum absolute atomic E-state index is 12.3. The first-order chi connectivity index (χ1) is 9.25. The lowest BCUT2D eigenvalue weighted by molar-refractivity contribution is 0.0729. The zero-order valence-corrected chi connectivity index (χ0v) is 11.0. The minimum absolute atomic E-state index is 0.0721. The molecule has 0 saturated carbocycles. The smallest absolute Gasteiger partial charge is 0.276 e. The first-order valence-electron chi connectivity index (χ1n) is 6.18. The molecule has 5 nitrogen and oxygen atoms in total. The molecule has 1 N–H and O–H groups in total. The van der Waals surface area contributed by atoms with E-state index in [2.05, 4.69) is 15.4 Å². The van der Waals surface area contributed by atoms with Crippen LogP contribution in [-0.2, 0) is 0 Å². The molecule has 1 aromatic carbocycles. The Kier molecular flexibility index (Phi) is 3.21. The third-order valence-electron chi connectivity index (χ3n) is 3.38. The molecule has 1 saturated heterocycles. The summed E-state index contributed by atoms with van der Waals surface area (Å²) in [4.78, 5) is 14.2. The van der Waals surface area contributed by atoms with Crippen molar-refractivity contribution in [2.45, 2.75) is 18.9 Å². The van der Waals surface area contributed by atoms with Crippen molar-refractivity contribution in [3.8, 4) is 0 Å². The summed E-state index contributed by atoms with van der Waals surface area (Å²) in [5.74, 6) is -0.0868. The highest BCUT2D eigenvalue weighted by Crippen LogP contribution is 2.33. The van der Waals surface area contributed by atoms with Gasteiger partial charge in [-0.15, -0.1) is 0 Å². The molecule has 2 heterocycles. The number of amides is 1. The van der Waals surface area contributed by atoms with Crippen molar-refractivity contribution in [1.82, 2.24) is 20.3 Å². The average molecular weight is 277 g/mol. The number of aromatic amines is 1. The highest BCUT2D eigenvalue weighted by Gasteiger charge is 2.31. The minimum atomic E-state index is -0.0868. The number of nitrogens with zero attached hydrogens (tertiary/aromatic N) is 3. The summed E-state index contributed by atoms with van der Waals surface area (Å²) in [6.07, 6.45) is 3.39. The normalized spacial score (nSPS) is 18.8. The van der Waals surface area contributed by atoms with Gasteiger partial charge in [0.05, 0.1) is 12.2 Å². The number of rotatable bonds is 2. The monoisotopic (exact) mass is 276 g/mol. The van der Waals surface area contributed by atoms with Crippen molar-refractivity contribution >= 4 is 17.5 Å². The van der Waals surface area contributed by atoms with Gasteiger partial charge in [0, 0.05) is 11.6 Å². The highest BCUT2D eigenvalue weighted by molar-refractivity contribution is 6.30. The van der Waals surface area contributed by atoms with E-state index in [1.54, 1.807) is 0 Å². The molecule has 1 aromatic heterocycles. The van der Waals surface area contributed by atoms with Gasteiger partial charge in [0.2, 0.25) is 0 Å². The number of nitrogens with one attached hydrogen (secondary N) is 1. The molecule has 0 radical (unpaired) electrons. The molecule has 1 fully saturated rings. The Morgan fingerprint density at radius 3 is 3.11 bits per heavy atom. The number of benzene rings is 1. The van der Waals surface area contributed by atoms with Gasteiger partial charge in [-0.3, -0.25) is 4.79 Å². The molecular weight excluding hydrogens is 264 g/mol. The number of hydrogen-bond acceptors (Lipinski definition) is 3. The molecule has 1 aliphatic heterocycles. The number of H-pyrrole nitrogens is 1. The van der Waals surface area contributed by atoms with Crippen molar-refractivity contribution in [2.75, 3.05) is 6.54 Å². The van der Waals surface area contributed by atoms with Crippen LogP contribution >= 0.6 is 11.6 Å². The lowest BCUT2D eigenvalue weighted by Gasteiger charge is -2.24. The first-order valence-corrected chi connectivity index (χ1v) is 6.56. The van der Waals surface area contributed by atoms with Gasteiger partial charge in [0.15, 0.2) is 5.69 Å². The minimum Gasteiger partial charge on any atom is -0.330 e. The van der Waals surface area contributed by atoms with Crippen LogP contribution in [0.15, 0.2) is 30.5 Å². The van der Waals surface area contributed by atoms with Crippen LogP contribution in [0.1, 0.15) is 34.9 Å². The van der Waals surface area contributed by atoms with E-state index < -0.39 is 0 Å². The van der Waals surface area contributed by atoms with Crippen LogP contribution in [0.2, 0.25) is 5.02 Å². The average Bonchev–Trinajstić information content (AvgIpc) is 3.09. The molecule has 1 aliphatic rings. The van der Waals surface area contributed by atoms with Gasteiger partial charge in [-0.05, 0) is 30.5 Å². The van der Waals surface area contributed by atoms with Crippen LogP contribution in [0.4, 0.5) is 0 Å². The van der Waals surface area contributed by atoms with E-state index in [9.17, 15) is 4.79 Å². The third kappa shape index (κ3) is 2.33. The van der Waals surface area contributed by atoms with Crippen molar-refractivity contribution in [1.29, 1.82) is 0 Å². The Morgan fingerprint density at radius 2 is 2.37 bits per heavy atom. The summed E-state index contributed by atoms with van der Waals surface area (Å²) in [5, 5.41) is 10.7. The predicted octanol–water partition coefficient (Wildman–Crippen LogP) is 2.44. The summed E-state index contributed by atoms with van der Waals surface area (Å²) in [5.41, 5.74) is 1.43. The first kappa shape index (κ1) is 12.2. The summed E-state index contributed by atoms with van der Waals surface area (Å²) in [6, 6.07) is 7.74. The van der Waals surface area contributed by atoms with Crippen molar-refractivity contribution in [2.24, 2.45) is 0 Å². The van der Waals surface area contributed by atoms with Crippen LogP contribution in [-0.4, -0.2) is 32.8 Å². The fourth-order valence-corrected chi connectivity index (χ4v) is 2.72. The molecule has 98 valence electrons. The van der Waals surface area contributed by atoms with Crippen molar-refractivity contribution in [3.05, 3.63) is 46.7 Å². The van der Waals surface area contributed by atoms with Crippen LogP contribution in [0, 0.1) is 0 Å². The van der Waals surface area contributed by atoms with Crippen LogP contribution in [0.3, 0.4) is 0 Å². The van der Waals surface area contributed by atoms with Crippen molar-refractivity contribution in [3.63, 3.8) is 0 Å². The Hall–Kier alpha value is -1.88. The van der Waals surface area contributed by atoms with E-state index in [1.165, 1.54) is 6.20 Å². The van der Waals surface area contributed by atoms with E-state index in [0.717, 1.165) is 24.9 Å². The number of halogens is 1. The number of hydrogen-bond donors (Lipinski definition) is 1. The molecule has 2 aromatic rings. The largest absolute Gasteiger partial charge is 0.330 e. The summed E-state index contributed by atoms with van der Waals surface area (Å²) in [7, 11) is 0. The van der Waals surface area contributed by atoms with Crippen LogP contribution in [0.5, 0.6) is 0 Å². The van der Waals surface area contributed by atoms with Crippen LogP contribution in [0.25, 0.3) is 0 Å². The SMILES string of the molecule is O=C(c1cn[nH]n1)N1CCCC1c1cccc(Cl)c1. The number of carbonyl (C=O) groups is 1. The Balaban J connectivity index is 1.88. The number of aromatic nitrogens is 3. The molecule has 1 atom stereocenters. The fraction of sp³-hybridized carbons (Fsp3) is 0.308. The third-order valence-corrected chi connectivity index (χ3v) is 3.62. The zero-order chi connectivity index (χ0) is 13.2. The molecule has 0 bridgehead atoms. The molecule has 0 aliphatic carbocycles. The van der Waals surface area contributed by atoms with E-state index in [4.69, 9.17) is 11.6 Å². The Morgan fingerprint density at radius 1 is 1.47 bits per heavy atom. The molecule has 19 heavy (non-hydrogen) atoms. The van der Waals surface area contributed by atoms with Gasteiger partial charge in [0.25, 0.3) is 5.91 Å². The molecule has 0 spiro atoms. The predicted molar refractivity (Wildman–Crippen MR) is 70.8 cm³/mol. The summed E-state index contributed by atoms with van der Waals surface area (Å²) < 4.78 is 0. The molecule has 3 rings (SSSR count). The molecule has 1 unspecified atom stereocenters. The van der Waals surface area contributed by atoms with Gasteiger partial charge in [-0.25, -0.2) is 0 Å². The second kappa shape index (κ2) is 5.01. The summed E-state index contributed by atoms with van der Waals surface area (Å²) >= 11 is 6.02. The van der Waals surface area contributed by atoms with Gasteiger partial charge in [-0.2, -0.15) is 15.4 Å². The Labute approximate surface area is 115 Å². The lowest BCUT2D eigenvalue weighted by Crippen LogP contribution is -2.30. The van der Waals surface area contributed by atoms with Gasteiger partial charge >= 0.3 is 0 Å². The second-order valence-electron chi connectivity index (χ2n) is 4.57. The van der Waals surface area contributed by atoms with Gasteiger partial charge in [0.1, 0.15) is 0 Å². The van der Waals surface area contributed by atoms with Crippen LogP contribution < -0.4 is 0 Å². The van der Waals surface area contributed by atoms with E-state index in [-0.39, 0.29) is 11.9 Å². The van der Waals surface area contributed by atoms with Gasteiger partial charge in [-0.1, -0.05) is 23.7 Å². The molecule has 1 amide bonds.